The van der Waals surface area contributed by atoms with Crippen LogP contribution in [-0.4, -0.2) is 130 Å². The van der Waals surface area contributed by atoms with Crippen molar-refractivity contribution in [2.75, 3.05) is 64.3 Å². The number of aromatic nitrogens is 8. The Hall–Kier alpha value is -3.71. The zero-order valence-corrected chi connectivity index (χ0v) is 36.2. The Morgan fingerprint density at radius 1 is 0.790 bits per heavy atom. The maximum absolute atomic E-state index is 16.5. The van der Waals surface area contributed by atoms with Crippen LogP contribution in [0.2, 0.25) is 0 Å². The van der Waals surface area contributed by atoms with E-state index in [0.717, 1.165) is 16.9 Å². The molecule has 2 unspecified atom stereocenters. The minimum atomic E-state index is -4.43. The van der Waals surface area contributed by atoms with Gasteiger partial charge in [-0.3, -0.25) is 22.7 Å². The Morgan fingerprint density at radius 3 is 2.05 bits per heavy atom. The number of ether oxygens (including phenoxy) is 5. The first-order valence-corrected chi connectivity index (χ1v) is 24.2. The van der Waals surface area contributed by atoms with Gasteiger partial charge >= 0.3 is 6.80 Å². The SMILES string of the molecule is [B]P(=O)(OCC)O[C@H]1[C@@H](F)[C@H](n2cnc3c(N)ncnc32)O[C@@H]1COP(=O)(O[C@@H]1CO[C@@H](n2cnc3c(N)ncnc32)[C@@H]1F)SCc1ccc(COCCOCCOCC)cc1. The van der Waals surface area contributed by atoms with E-state index in [0.29, 0.717) is 45.2 Å². The summed E-state index contributed by atoms with van der Waals surface area (Å²) in [4.78, 5) is 24.5. The van der Waals surface area contributed by atoms with Crippen LogP contribution < -0.4 is 11.5 Å². The average molecular weight is 925 g/mol. The number of anilines is 2. The standard InChI is InChI=1S/C35H45BF2N10O11P2S/c1-3-51-9-10-52-11-12-53-13-21-5-7-22(8-6-21)16-62-61(50,58-23-14-54-34(25(23)37)47-19-45-27-30(39)41-17-43-32(27)47)56-15-24-29(59-60(36,49)55-4-2)26(38)35(57-24)48-20-46-28-31(40)42-18-44-33(28)48/h5-8,17-20,23-26,29,34-35H,3-4,9-16H2,1-2H3,(H2,39,41,43)(H2,40,42,44)/t23-,24-,25-,26-,29-,34-,35-,60?,61?/m1/s1. The maximum atomic E-state index is 16.5. The van der Waals surface area contributed by atoms with Gasteiger partial charge in [0.1, 0.15) is 42.0 Å². The molecule has 2 aliphatic rings. The number of hydrogen-bond donors (Lipinski definition) is 2. The van der Waals surface area contributed by atoms with Gasteiger partial charge in [0.2, 0.25) is 7.57 Å². The molecule has 2 fully saturated rings. The van der Waals surface area contributed by atoms with Crippen LogP contribution >= 0.6 is 25.7 Å². The highest BCUT2D eigenvalue weighted by Gasteiger charge is 2.51. The van der Waals surface area contributed by atoms with E-state index in [9.17, 15) is 9.13 Å². The number of nitrogens with two attached hydrogens (primary N) is 2. The van der Waals surface area contributed by atoms with Gasteiger partial charge in [-0.25, -0.2) is 43.2 Å². The van der Waals surface area contributed by atoms with Crippen molar-refractivity contribution in [2.45, 2.75) is 69.3 Å². The number of halogens is 2. The number of nitrogen functional groups attached to an aromatic ring is 2. The number of benzene rings is 1. The predicted molar refractivity (Wildman–Crippen MR) is 221 cm³/mol. The smallest absolute Gasteiger partial charge is 0.382 e. The van der Waals surface area contributed by atoms with E-state index in [4.69, 9.17) is 60.8 Å². The van der Waals surface area contributed by atoms with Gasteiger partial charge in [0.25, 0.3) is 7.47 Å². The fourth-order valence-electron chi connectivity index (χ4n) is 6.54. The first kappa shape index (κ1) is 46.3. The summed E-state index contributed by atoms with van der Waals surface area (Å²) in [6.07, 6.45) is -6.45. The molecule has 0 amide bonds. The molecule has 9 atom stereocenters. The van der Waals surface area contributed by atoms with E-state index in [1.165, 1.54) is 41.4 Å². The van der Waals surface area contributed by atoms with Crippen LogP contribution in [0.15, 0.2) is 49.6 Å². The summed E-state index contributed by atoms with van der Waals surface area (Å²) in [6, 6.07) is 7.29. The van der Waals surface area contributed by atoms with Crippen LogP contribution in [0, 0.1) is 0 Å². The molecule has 0 bridgehead atoms. The molecule has 62 heavy (non-hydrogen) atoms. The zero-order chi connectivity index (χ0) is 43.9. The summed E-state index contributed by atoms with van der Waals surface area (Å²) in [6.45, 7) is 0.605. The summed E-state index contributed by atoms with van der Waals surface area (Å²) >= 11 is 0.750. The Kier molecular flexibility index (Phi) is 15.6. The lowest BCUT2D eigenvalue weighted by molar-refractivity contribution is -0.0421. The Balaban J connectivity index is 1.08. The minimum Gasteiger partial charge on any atom is -0.382 e. The summed E-state index contributed by atoms with van der Waals surface area (Å²) in [5, 5.41) is 0. The first-order chi connectivity index (χ1) is 29.9. The van der Waals surface area contributed by atoms with E-state index >= 15 is 8.78 Å². The Bertz CT molecular complexity index is 2360. The van der Waals surface area contributed by atoms with Crippen molar-refractivity contribution in [3.8, 4) is 0 Å². The Labute approximate surface area is 359 Å². The molecule has 4 N–H and O–H groups in total. The molecule has 21 nitrogen and oxygen atoms in total. The maximum Gasteiger partial charge on any atom is 0.389 e. The summed E-state index contributed by atoms with van der Waals surface area (Å²) in [5.74, 6) is 0.184. The second-order valence-electron chi connectivity index (χ2n) is 13.7. The monoisotopic (exact) mass is 924 g/mol. The van der Waals surface area contributed by atoms with E-state index in [1.807, 2.05) is 19.1 Å². The van der Waals surface area contributed by atoms with Crippen LogP contribution in [-0.2, 0) is 63.3 Å². The van der Waals surface area contributed by atoms with Gasteiger partial charge in [-0.15, -0.1) is 0 Å². The molecule has 6 heterocycles. The van der Waals surface area contributed by atoms with Gasteiger partial charge in [0.15, 0.2) is 47.7 Å². The fraction of sp³-hybridized carbons (Fsp3) is 0.543. The number of rotatable bonds is 23. The molecular weight excluding hydrogens is 879 g/mol. The van der Waals surface area contributed by atoms with Gasteiger partial charge < -0.3 is 44.2 Å². The third-order valence-electron chi connectivity index (χ3n) is 9.52. The van der Waals surface area contributed by atoms with Crippen molar-refractivity contribution >= 4 is 67.2 Å². The van der Waals surface area contributed by atoms with Gasteiger partial charge in [0, 0.05) is 12.4 Å². The van der Waals surface area contributed by atoms with Crippen molar-refractivity contribution in [3.05, 3.63) is 60.7 Å². The van der Waals surface area contributed by atoms with Crippen molar-refractivity contribution in [1.29, 1.82) is 0 Å². The molecule has 2 aliphatic heterocycles. The molecular formula is C35H45BF2N10O11P2S. The summed E-state index contributed by atoms with van der Waals surface area (Å²) in [5.41, 5.74) is 14.2. The third kappa shape index (κ3) is 11.0. The normalized spacial score (nSPS) is 24.8. The van der Waals surface area contributed by atoms with Crippen LogP contribution in [0.25, 0.3) is 22.3 Å². The van der Waals surface area contributed by atoms with E-state index in [2.05, 4.69) is 29.9 Å². The fourth-order valence-corrected chi connectivity index (χ4v) is 10.9. The van der Waals surface area contributed by atoms with Gasteiger partial charge in [-0.2, -0.15) is 0 Å². The van der Waals surface area contributed by atoms with Gasteiger partial charge in [-0.05, 0) is 36.4 Å². The van der Waals surface area contributed by atoms with Crippen molar-refractivity contribution in [2.24, 2.45) is 0 Å². The van der Waals surface area contributed by atoms with Crippen molar-refractivity contribution in [3.63, 3.8) is 0 Å². The molecule has 0 aliphatic carbocycles. The minimum absolute atomic E-state index is 0.0357. The molecule has 7 rings (SSSR count). The van der Waals surface area contributed by atoms with Crippen LogP contribution in [0.1, 0.15) is 37.4 Å². The molecule has 4 aromatic heterocycles. The highest BCUT2D eigenvalue weighted by Crippen LogP contribution is 2.64. The largest absolute Gasteiger partial charge is 0.389 e. The zero-order valence-electron chi connectivity index (χ0n) is 33.6. The van der Waals surface area contributed by atoms with Crippen LogP contribution in [0.5, 0.6) is 0 Å². The van der Waals surface area contributed by atoms with Gasteiger partial charge in [0.05, 0.1) is 65.5 Å². The number of hydrogen-bond acceptors (Lipinski definition) is 20. The lowest BCUT2D eigenvalue weighted by Crippen LogP contribution is -2.34. The van der Waals surface area contributed by atoms with Crippen LogP contribution in [0.4, 0.5) is 20.4 Å². The number of fused-ring (bicyclic) bond motifs is 2. The Morgan fingerprint density at radius 2 is 1.40 bits per heavy atom. The van der Waals surface area contributed by atoms with E-state index < -0.39 is 64.0 Å². The van der Waals surface area contributed by atoms with Crippen molar-refractivity contribution in [1.82, 2.24) is 39.0 Å². The lowest BCUT2D eigenvalue weighted by Gasteiger charge is -2.26. The molecule has 334 valence electrons. The highest BCUT2D eigenvalue weighted by atomic mass is 32.7. The van der Waals surface area contributed by atoms with Crippen molar-refractivity contribution < 1.29 is 59.7 Å². The van der Waals surface area contributed by atoms with E-state index in [-0.39, 0.29) is 52.9 Å². The van der Waals surface area contributed by atoms with Gasteiger partial charge in [-0.1, -0.05) is 24.3 Å². The predicted octanol–water partition coefficient (Wildman–Crippen LogP) is 4.64. The summed E-state index contributed by atoms with van der Waals surface area (Å²) < 4.78 is 114. The third-order valence-corrected chi connectivity index (χ3v) is 14.4. The molecule has 27 heteroatoms. The lowest BCUT2D eigenvalue weighted by atomic mass is 10.1. The molecule has 2 saturated heterocycles. The quantitative estimate of drug-likeness (QED) is 0.0514. The average Bonchev–Trinajstić information content (AvgIpc) is 4.04. The second-order valence-corrected chi connectivity index (χ2v) is 19.3. The molecule has 2 radical (unpaired) electrons. The topological polar surface area (TPSA) is 256 Å². The first-order valence-electron chi connectivity index (χ1n) is 19.4. The molecule has 0 spiro atoms. The number of imidazole rings is 2. The number of alkyl halides is 2. The number of nitrogens with zero attached hydrogens (tertiary/aromatic N) is 8. The highest BCUT2D eigenvalue weighted by molar-refractivity contribution is 8.54. The molecule has 5 aromatic rings. The molecule has 1 aromatic carbocycles. The van der Waals surface area contributed by atoms with Crippen LogP contribution in [0.3, 0.4) is 0 Å². The molecule has 0 saturated carbocycles. The second kappa shape index (κ2) is 20.9. The summed E-state index contributed by atoms with van der Waals surface area (Å²) in [7, 11) is 1.45. The van der Waals surface area contributed by atoms with E-state index in [1.54, 1.807) is 12.1 Å².